The fourth-order valence-electron chi connectivity index (χ4n) is 1.53. The van der Waals surface area contributed by atoms with Crippen LogP contribution in [0.25, 0.3) is 0 Å². The fraction of sp³-hybridized carbons (Fsp3) is 0.429. The molecule has 0 atom stereocenters. The lowest BCUT2D eigenvalue weighted by atomic mass is 10.1. The van der Waals surface area contributed by atoms with Crippen LogP contribution in [-0.4, -0.2) is 32.1 Å². The molecule has 0 aliphatic rings. The monoisotopic (exact) mass is 265 g/mol. The lowest BCUT2D eigenvalue weighted by molar-refractivity contribution is -0.143. The molecule has 0 radical (unpaired) electrons. The zero-order chi connectivity index (χ0) is 14.1. The minimum Gasteiger partial charge on any atom is -0.497 e. The van der Waals surface area contributed by atoms with Crippen LogP contribution in [-0.2, 0) is 20.7 Å². The van der Waals surface area contributed by atoms with Crippen molar-refractivity contribution in [2.75, 3.05) is 20.3 Å². The molecule has 1 amide bonds. The van der Waals surface area contributed by atoms with E-state index >= 15 is 0 Å². The first-order chi connectivity index (χ1) is 9.15. The molecule has 0 saturated heterocycles. The number of nitrogens with one attached hydrogen (secondary N) is 1. The Kier molecular flexibility index (Phi) is 6.43. The van der Waals surface area contributed by atoms with E-state index in [1.165, 1.54) is 0 Å². The van der Waals surface area contributed by atoms with Gasteiger partial charge in [0, 0.05) is 6.54 Å². The Labute approximate surface area is 112 Å². The molecule has 1 aromatic carbocycles. The molecule has 0 fully saturated rings. The molecule has 104 valence electrons. The maximum Gasteiger partial charge on any atom is 0.307 e. The van der Waals surface area contributed by atoms with Crippen LogP contribution in [0.15, 0.2) is 24.3 Å². The van der Waals surface area contributed by atoms with Crippen LogP contribution in [0.5, 0.6) is 5.75 Å². The van der Waals surface area contributed by atoms with Gasteiger partial charge in [0.15, 0.2) is 0 Å². The van der Waals surface area contributed by atoms with Crippen molar-refractivity contribution in [3.8, 4) is 5.75 Å². The van der Waals surface area contributed by atoms with Gasteiger partial charge in [-0.3, -0.25) is 9.59 Å². The first kappa shape index (κ1) is 15.0. The third-order valence-electron chi connectivity index (χ3n) is 2.48. The van der Waals surface area contributed by atoms with Gasteiger partial charge >= 0.3 is 5.97 Å². The molecule has 1 N–H and O–H groups in total. The molecule has 19 heavy (non-hydrogen) atoms. The summed E-state index contributed by atoms with van der Waals surface area (Å²) in [6.07, 6.45) is 0.481. The molecule has 1 rings (SSSR count). The predicted molar refractivity (Wildman–Crippen MR) is 71.0 cm³/mol. The Hall–Kier alpha value is -2.04. The van der Waals surface area contributed by atoms with Crippen LogP contribution in [0.1, 0.15) is 18.9 Å². The number of benzene rings is 1. The number of amides is 1. The van der Waals surface area contributed by atoms with Crippen molar-refractivity contribution in [3.05, 3.63) is 29.8 Å². The highest BCUT2D eigenvalue weighted by atomic mass is 16.5. The maximum atomic E-state index is 11.6. The molecule has 0 saturated carbocycles. The molecule has 0 unspecified atom stereocenters. The van der Waals surface area contributed by atoms with Crippen molar-refractivity contribution in [3.63, 3.8) is 0 Å². The van der Waals surface area contributed by atoms with Gasteiger partial charge in [-0.2, -0.15) is 0 Å². The number of hydrogen-bond acceptors (Lipinski definition) is 4. The third-order valence-corrected chi connectivity index (χ3v) is 2.48. The lowest BCUT2D eigenvalue weighted by Gasteiger charge is -2.06. The number of carbonyl (C=O) groups excluding carboxylic acids is 2. The summed E-state index contributed by atoms with van der Waals surface area (Å²) in [5.41, 5.74) is 0.898. The van der Waals surface area contributed by atoms with Crippen molar-refractivity contribution in [2.24, 2.45) is 0 Å². The van der Waals surface area contributed by atoms with Crippen molar-refractivity contribution >= 4 is 11.9 Å². The molecule has 0 heterocycles. The van der Waals surface area contributed by atoms with Crippen LogP contribution in [0.2, 0.25) is 0 Å². The van der Waals surface area contributed by atoms with E-state index in [9.17, 15) is 9.59 Å². The summed E-state index contributed by atoms with van der Waals surface area (Å²) in [7, 11) is 1.59. The second-order valence-electron chi connectivity index (χ2n) is 3.93. The molecular formula is C14H19NO4. The Balaban J connectivity index is 2.28. The minimum atomic E-state index is -0.299. The normalized spacial score (nSPS) is 9.79. The van der Waals surface area contributed by atoms with E-state index in [0.29, 0.717) is 13.2 Å². The zero-order valence-electron chi connectivity index (χ0n) is 11.3. The van der Waals surface area contributed by atoms with Crippen LogP contribution in [0.4, 0.5) is 0 Å². The Morgan fingerprint density at radius 1 is 1.21 bits per heavy atom. The van der Waals surface area contributed by atoms with E-state index in [4.69, 9.17) is 9.47 Å². The summed E-state index contributed by atoms with van der Waals surface area (Å²) < 4.78 is 9.80. The highest BCUT2D eigenvalue weighted by Gasteiger charge is 2.05. The molecule has 5 heteroatoms. The van der Waals surface area contributed by atoms with E-state index in [0.717, 1.165) is 11.3 Å². The SMILES string of the molecule is CCOC(=O)CCNC(=O)Cc1ccc(OC)cc1. The van der Waals surface area contributed by atoms with Crippen molar-refractivity contribution in [1.29, 1.82) is 0 Å². The second kappa shape index (κ2) is 8.13. The predicted octanol–water partition coefficient (Wildman–Crippen LogP) is 1.31. The van der Waals surface area contributed by atoms with Gasteiger partial charge < -0.3 is 14.8 Å². The summed E-state index contributed by atoms with van der Waals surface area (Å²) in [4.78, 5) is 22.7. The quantitative estimate of drug-likeness (QED) is 0.755. The third kappa shape index (κ3) is 5.90. The van der Waals surface area contributed by atoms with Crippen molar-refractivity contribution in [2.45, 2.75) is 19.8 Å². The second-order valence-corrected chi connectivity index (χ2v) is 3.93. The van der Waals surface area contributed by atoms with Gasteiger partial charge in [0.2, 0.25) is 5.91 Å². The Bertz CT molecular complexity index is 414. The van der Waals surface area contributed by atoms with Crippen LogP contribution in [0, 0.1) is 0 Å². The smallest absolute Gasteiger partial charge is 0.307 e. The molecule has 0 aromatic heterocycles. The molecule has 0 bridgehead atoms. The van der Waals surface area contributed by atoms with Gasteiger partial charge in [-0.25, -0.2) is 0 Å². The van der Waals surface area contributed by atoms with Crippen molar-refractivity contribution in [1.82, 2.24) is 5.32 Å². The zero-order valence-corrected chi connectivity index (χ0v) is 11.3. The van der Waals surface area contributed by atoms with E-state index in [1.807, 2.05) is 12.1 Å². The number of methoxy groups -OCH3 is 1. The van der Waals surface area contributed by atoms with E-state index in [2.05, 4.69) is 5.32 Å². The standard InChI is InChI=1S/C14H19NO4/c1-3-19-14(17)8-9-15-13(16)10-11-4-6-12(18-2)7-5-11/h4-7H,3,8-10H2,1-2H3,(H,15,16). The Morgan fingerprint density at radius 2 is 1.89 bits per heavy atom. The average Bonchev–Trinajstić information content (AvgIpc) is 2.40. The van der Waals surface area contributed by atoms with Gasteiger partial charge in [-0.05, 0) is 24.6 Å². The van der Waals surface area contributed by atoms with E-state index < -0.39 is 0 Å². The topological polar surface area (TPSA) is 64.6 Å². The molecule has 0 aliphatic heterocycles. The summed E-state index contributed by atoms with van der Waals surface area (Å²) in [5.74, 6) is 0.341. The van der Waals surface area contributed by atoms with E-state index in [1.54, 1.807) is 26.2 Å². The summed E-state index contributed by atoms with van der Waals surface area (Å²) in [6, 6.07) is 7.29. The highest BCUT2D eigenvalue weighted by molar-refractivity contribution is 5.79. The fourth-order valence-corrected chi connectivity index (χ4v) is 1.53. The Morgan fingerprint density at radius 3 is 2.47 bits per heavy atom. The maximum absolute atomic E-state index is 11.6. The average molecular weight is 265 g/mol. The molecule has 0 spiro atoms. The molecular weight excluding hydrogens is 246 g/mol. The molecule has 1 aromatic rings. The summed E-state index contributed by atoms with van der Waals surface area (Å²) in [5, 5.41) is 2.68. The largest absolute Gasteiger partial charge is 0.497 e. The van der Waals surface area contributed by atoms with Gasteiger partial charge in [0.25, 0.3) is 0 Å². The van der Waals surface area contributed by atoms with Gasteiger partial charge in [-0.15, -0.1) is 0 Å². The highest BCUT2D eigenvalue weighted by Crippen LogP contribution is 2.11. The summed E-state index contributed by atoms with van der Waals surface area (Å²) >= 11 is 0. The number of esters is 1. The lowest BCUT2D eigenvalue weighted by Crippen LogP contribution is -2.27. The number of carbonyl (C=O) groups is 2. The van der Waals surface area contributed by atoms with Crippen LogP contribution in [0.3, 0.4) is 0 Å². The van der Waals surface area contributed by atoms with Crippen molar-refractivity contribution < 1.29 is 19.1 Å². The van der Waals surface area contributed by atoms with Gasteiger partial charge in [0.1, 0.15) is 5.75 Å². The van der Waals surface area contributed by atoms with E-state index in [-0.39, 0.29) is 24.7 Å². The first-order valence-electron chi connectivity index (χ1n) is 6.21. The number of ether oxygens (including phenoxy) is 2. The van der Waals surface area contributed by atoms with Crippen LogP contribution >= 0.6 is 0 Å². The molecule has 5 nitrogen and oxygen atoms in total. The number of rotatable bonds is 7. The minimum absolute atomic E-state index is 0.116. The summed E-state index contributed by atoms with van der Waals surface area (Å²) in [6.45, 7) is 2.41. The molecule has 0 aliphatic carbocycles. The first-order valence-corrected chi connectivity index (χ1v) is 6.21. The number of hydrogen-bond donors (Lipinski definition) is 1. The van der Waals surface area contributed by atoms with Crippen LogP contribution < -0.4 is 10.1 Å². The van der Waals surface area contributed by atoms with Gasteiger partial charge in [-0.1, -0.05) is 12.1 Å². The van der Waals surface area contributed by atoms with Gasteiger partial charge in [0.05, 0.1) is 26.6 Å².